The number of methoxy groups -OCH3 is 1. The van der Waals surface area contributed by atoms with E-state index >= 15 is 0 Å². The van der Waals surface area contributed by atoms with Crippen LogP contribution >= 0.6 is 43.2 Å². The Morgan fingerprint density at radius 2 is 1.80 bits per heavy atom. The zero-order valence-electron chi connectivity index (χ0n) is 22.3. The molecule has 0 N–H and O–H groups in total. The number of pyridine rings is 1. The van der Waals surface area contributed by atoms with Gasteiger partial charge in [0.25, 0.3) is 11.1 Å². The molecule has 40 heavy (non-hydrogen) atoms. The molecule has 0 aliphatic heterocycles. The Hall–Kier alpha value is -3.09. The van der Waals surface area contributed by atoms with E-state index in [1.54, 1.807) is 31.8 Å². The summed E-state index contributed by atoms with van der Waals surface area (Å²) in [5.41, 5.74) is 2.49. The molecular weight excluding hydrogens is 660 g/mol. The molecule has 1 aliphatic rings. The summed E-state index contributed by atoms with van der Waals surface area (Å²) in [4.78, 5) is 40.6. The molecular formula is C28H28Br2N6O3S. The first-order valence-corrected chi connectivity index (χ1v) is 15.2. The Morgan fingerprint density at radius 1 is 1.02 bits per heavy atom. The van der Waals surface area contributed by atoms with Gasteiger partial charge in [0, 0.05) is 38.6 Å². The van der Waals surface area contributed by atoms with Gasteiger partial charge in [-0.25, -0.2) is 15.0 Å². The van der Waals surface area contributed by atoms with E-state index in [0.29, 0.717) is 10.7 Å². The summed E-state index contributed by atoms with van der Waals surface area (Å²) in [5, 5.41) is 0.960. The first-order chi connectivity index (χ1) is 19.3. The molecule has 9 nitrogen and oxygen atoms in total. The molecule has 6 rings (SSSR count). The summed E-state index contributed by atoms with van der Waals surface area (Å²) in [6.07, 6.45) is 12.3. The van der Waals surface area contributed by atoms with Crippen molar-refractivity contribution in [2.75, 3.05) is 26.1 Å². The molecule has 0 unspecified atom stereocenters. The van der Waals surface area contributed by atoms with Gasteiger partial charge in [0.1, 0.15) is 27.1 Å². The highest BCUT2D eigenvalue weighted by atomic mass is 79.9. The average molecular weight is 688 g/mol. The van der Waals surface area contributed by atoms with Crippen molar-refractivity contribution >= 4 is 69.3 Å². The zero-order chi connectivity index (χ0) is 28.4. The Kier molecular flexibility index (Phi) is 8.67. The van der Waals surface area contributed by atoms with Gasteiger partial charge in [-0.1, -0.05) is 19.3 Å². The molecule has 1 aliphatic carbocycles. The van der Waals surface area contributed by atoms with Gasteiger partial charge >= 0.3 is 0 Å². The first-order valence-electron chi connectivity index (χ1n) is 12.8. The van der Waals surface area contributed by atoms with Crippen LogP contribution in [0.15, 0.2) is 67.8 Å². The van der Waals surface area contributed by atoms with Gasteiger partial charge in [-0.15, -0.1) is 11.3 Å². The lowest BCUT2D eigenvalue weighted by atomic mass is 9.95. The molecule has 0 bridgehead atoms. The Morgan fingerprint density at radius 3 is 2.48 bits per heavy atom. The summed E-state index contributed by atoms with van der Waals surface area (Å²) in [5.74, 6) is 0.723. The highest BCUT2D eigenvalue weighted by molar-refractivity contribution is 9.11. The smallest absolute Gasteiger partial charge is 0.271 e. The van der Waals surface area contributed by atoms with Gasteiger partial charge in [-0.3, -0.25) is 18.7 Å². The largest absolute Gasteiger partial charge is 0.496 e. The van der Waals surface area contributed by atoms with Crippen molar-refractivity contribution in [3.8, 4) is 11.4 Å². The third-order valence-corrected chi connectivity index (χ3v) is 9.19. The van der Waals surface area contributed by atoms with Crippen molar-refractivity contribution in [1.82, 2.24) is 24.1 Å². The second-order valence-electron chi connectivity index (χ2n) is 9.67. The quantitative estimate of drug-likeness (QED) is 0.218. The first kappa shape index (κ1) is 28.4. The highest BCUT2D eigenvalue weighted by Crippen LogP contribution is 2.40. The number of thiophene rings is 1. The molecule has 0 atom stereocenters. The molecule has 4 heterocycles. The maximum Gasteiger partial charge on any atom is 0.271 e. The Labute approximate surface area is 251 Å². The van der Waals surface area contributed by atoms with E-state index in [1.165, 1.54) is 53.8 Å². The minimum Gasteiger partial charge on any atom is -0.496 e. The van der Waals surface area contributed by atoms with Crippen LogP contribution in [0.2, 0.25) is 0 Å². The summed E-state index contributed by atoms with van der Waals surface area (Å²) >= 11 is 8.39. The Balaban J connectivity index is 0.000000176. The number of rotatable bonds is 4. The summed E-state index contributed by atoms with van der Waals surface area (Å²) < 4.78 is 10.9. The second kappa shape index (κ2) is 12.2. The predicted molar refractivity (Wildman–Crippen MR) is 167 cm³/mol. The molecule has 5 aromatic rings. The maximum atomic E-state index is 13.0. The molecule has 0 amide bonds. The number of benzene rings is 1. The normalized spacial score (nSPS) is 13.7. The van der Waals surface area contributed by atoms with E-state index < -0.39 is 0 Å². The molecule has 1 aromatic carbocycles. The lowest BCUT2D eigenvalue weighted by Crippen LogP contribution is -2.26. The van der Waals surface area contributed by atoms with Crippen molar-refractivity contribution in [1.29, 1.82) is 0 Å². The fourth-order valence-corrected chi connectivity index (χ4v) is 7.20. The van der Waals surface area contributed by atoms with Crippen molar-refractivity contribution in [3.05, 3.63) is 79.0 Å². The van der Waals surface area contributed by atoms with Gasteiger partial charge in [0.2, 0.25) is 0 Å². The predicted octanol–water partition coefficient (Wildman–Crippen LogP) is 6.34. The van der Waals surface area contributed by atoms with Crippen LogP contribution in [0.4, 0.5) is 5.69 Å². The number of fused-ring (bicyclic) bond motifs is 3. The Bertz CT molecular complexity index is 1790. The van der Waals surface area contributed by atoms with Crippen LogP contribution in [-0.2, 0) is 0 Å². The molecule has 0 spiro atoms. The molecule has 4 aromatic heterocycles. The number of hydrogen-bond acceptors (Lipinski definition) is 8. The SMILES string of the molecule is CN(C)c1c(Br)cnc2sc3c(=O)n(C4CCCCC4)cnc3c12.COc1ccc(-n2cnccc2=O)cc1Br. The van der Waals surface area contributed by atoms with E-state index in [4.69, 9.17) is 4.74 Å². The molecule has 0 saturated heterocycles. The molecule has 1 fully saturated rings. The molecule has 208 valence electrons. The number of aromatic nitrogens is 5. The van der Waals surface area contributed by atoms with Gasteiger partial charge < -0.3 is 9.64 Å². The number of hydrogen-bond donors (Lipinski definition) is 0. The number of halogens is 2. The lowest BCUT2D eigenvalue weighted by molar-refractivity contribution is 0.345. The fraction of sp³-hybridized carbons (Fsp3) is 0.321. The summed E-state index contributed by atoms with van der Waals surface area (Å²) in [6, 6.07) is 7.10. The molecule has 12 heteroatoms. The molecule has 1 saturated carbocycles. The lowest BCUT2D eigenvalue weighted by Gasteiger charge is -2.23. The van der Waals surface area contributed by atoms with Crippen LogP contribution in [0, 0.1) is 0 Å². The topological polar surface area (TPSA) is 95.1 Å². The van der Waals surface area contributed by atoms with E-state index in [1.807, 2.05) is 29.6 Å². The minimum absolute atomic E-state index is 0.0794. The van der Waals surface area contributed by atoms with E-state index in [2.05, 4.69) is 46.8 Å². The molecule has 0 radical (unpaired) electrons. The van der Waals surface area contributed by atoms with Crippen LogP contribution in [0.3, 0.4) is 0 Å². The zero-order valence-corrected chi connectivity index (χ0v) is 26.3. The number of nitrogens with zero attached hydrogens (tertiary/aromatic N) is 6. The van der Waals surface area contributed by atoms with Gasteiger partial charge in [-0.2, -0.15) is 0 Å². The van der Waals surface area contributed by atoms with Crippen LogP contribution in [0.1, 0.15) is 38.1 Å². The maximum absolute atomic E-state index is 13.0. The monoisotopic (exact) mass is 686 g/mol. The van der Waals surface area contributed by atoms with Crippen LogP contribution < -0.4 is 20.8 Å². The third kappa shape index (κ3) is 5.57. The average Bonchev–Trinajstić information content (AvgIpc) is 3.33. The van der Waals surface area contributed by atoms with Crippen molar-refractivity contribution < 1.29 is 4.74 Å². The summed E-state index contributed by atoms with van der Waals surface area (Å²) in [7, 11) is 5.58. The van der Waals surface area contributed by atoms with Gasteiger partial charge in [0.15, 0.2) is 0 Å². The van der Waals surface area contributed by atoms with Crippen LogP contribution in [0.5, 0.6) is 5.75 Å². The van der Waals surface area contributed by atoms with Crippen LogP contribution in [-0.4, -0.2) is 45.3 Å². The number of ether oxygens (including phenoxy) is 1. The fourth-order valence-electron chi connectivity index (χ4n) is 4.97. The number of anilines is 1. The minimum atomic E-state index is -0.118. The highest BCUT2D eigenvalue weighted by Gasteiger charge is 2.22. The van der Waals surface area contributed by atoms with E-state index in [-0.39, 0.29) is 11.1 Å². The van der Waals surface area contributed by atoms with Crippen molar-refractivity contribution in [2.24, 2.45) is 0 Å². The third-order valence-electron chi connectivity index (χ3n) is 6.91. The van der Waals surface area contributed by atoms with Crippen LogP contribution in [0.25, 0.3) is 26.1 Å². The van der Waals surface area contributed by atoms with Crippen molar-refractivity contribution in [2.45, 2.75) is 38.1 Å². The summed E-state index contributed by atoms with van der Waals surface area (Å²) in [6.45, 7) is 0. The second-order valence-corrected chi connectivity index (χ2v) is 12.4. The van der Waals surface area contributed by atoms with E-state index in [0.717, 1.165) is 54.6 Å². The van der Waals surface area contributed by atoms with Crippen molar-refractivity contribution in [3.63, 3.8) is 0 Å². The van der Waals surface area contributed by atoms with Gasteiger partial charge in [0.05, 0.1) is 39.1 Å². The standard InChI is InChI=1S/C17H19BrN4OS.C11H9BrN2O2/c1-21(2)14-11(18)8-19-16-12(14)13-15(24-16)17(23)22(9-20-13)10-6-4-3-5-7-10;1-16-10-3-2-8(6-9(10)12)14-7-13-5-4-11(14)15/h8-10H,3-7H2,1-2H3;2-7H,1H3. The van der Waals surface area contributed by atoms with E-state index in [9.17, 15) is 9.59 Å². The van der Waals surface area contributed by atoms with Gasteiger partial charge in [-0.05, 0) is 62.9 Å².